The van der Waals surface area contributed by atoms with Crippen molar-refractivity contribution in [2.24, 2.45) is 19.2 Å². The second kappa shape index (κ2) is 4.32. The number of aryl methyl sites for hydroxylation is 2. The van der Waals surface area contributed by atoms with Gasteiger partial charge >= 0.3 is 5.69 Å². The van der Waals surface area contributed by atoms with E-state index in [0.29, 0.717) is 23.7 Å². The van der Waals surface area contributed by atoms with Crippen molar-refractivity contribution in [2.45, 2.75) is 26.3 Å². The largest absolute Gasteiger partial charge is 0.332 e. The van der Waals surface area contributed by atoms with E-state index in [1.807, 2.05) is 6.92 Å². The molecule has 0 radical (unpaired) electrons. The number of aromatic nitrogens is 4. The Morgan fingerprint density at radius 3 is 2.70 bits per heavy atom. The second-order valence-electron chi connectivity index (χ2n) is 4.86. The van der Waals surface area contributed by atoms with Crippen LogP contribution in [0.4, 0.5) is 5.95 Å². The Labute approximate surface area is 114 Å². The highest BCUT2D eigenvalue weighted by atomic mass is 16.2. The molecule has 8 heteroatoms. The van der Waals surface area contributed by atoms with Crippen LogP contribution in [-0.2, 0) is 20.6 Å². The van der Waals surface area contributed by atoms with Gasteiger partial charge in [0.05, 0.1) is 0 Å². The second-order valence-corrected chi connectivity index (χ2v) is 4.86. The molecule has 20 heavy (non-hydrogen) atoms. The van der Waals surface area contributed by atoms with Gasteiger partial charge in [0.25, 0.3) is 5.56 Å². The van der Waals surface area contributed by atoms with Crippen LogP contribution in [-0.4, -0.2) is 24.4 Å². The summed E-state index contributed by atoms with van der Waals surface area (Å²) in [5.74, 6) is 0.502. The number of anilines is 1. The first kappa shape index (κ1) is 12.6. The molecule has 106 valence electrons. The number of fused-ring (bicyclic) bond motifs is 3. The predicted octanol–water partition coefficient (Wildman–Crippen LogP) is 0.0153. The molecule has 1 aliphatic heterocycles. The molecule has 2 aromatic rings. The third-order valence-electron chi connectivity index (χ3n) is 3.69. The normalized spacial score (nSPS) is 14.7. The molecule has 8 nitrogen and oxygen atoms in total. The van der Waals surface area contributed by atoms with Crippen molar-refractivity contribution in [3.63, 3.8) is 0 Å². The molecular weight excluding hydrogens is 260 g/mol. The van der Waals surface area contributed by atoms with Crippen LogP contribution in [0, 0.1) is 0 Å². The van der Waals surface area contributed by atoms with Gasteiger partial charge in [-0.1, -0.05) is 6.92 Å². The summed E-state index contributed by atoms with van der Waals surface area (Å²) in [4.78, 5) is 28.6. The lowest BCUT2D eigenvalue weighted by Crippen LogP contribution is -2.37. The molecule has 1 N–H and O–H groups in total. The molecule has 1 aliphatic rings. The molecule has 3 heterocycles. The first-order valence-corrected chi connectivity index (χ1v) is 6.52. The Bertz CT molecular complexity index is 838. The van der Waals surface area contributed by atoms with Crippen LogP contribution in [0.1, 0.15) is 19.8 Å². The highest BCUT2D eigenvalue weighted by Gasteiger charge is 2.20. The molecule has 0 bridgehead atoms. The Kier molecular flexibility index (Phi) is 2.73. The maximum Gasteiger partial charge on any atom is 0.332 e. The molecule has 0 saturated carbocycles. The minimum atomic E-state index is -0.381. The minimum Gasteiger partial charge on any atom is -0.303 e. The van der Waals surface area contributed by atoms with Crippen molar-refractivity contribution < 1.29 is 0 Å². The minimum absolute atomic E-state index is 0.330. The third-order valence-corrected chi connectivity index (χ3v) is 3.69. The summed E-state index contributed by atoms with van der Waals surface area (Å²) < 4.78 is 4.28. The van der Waals surface area contributed by atoms with Crippen LogP contribution in [0.3, 0.4) is 0 Å². The van der Waals surface area contributed by atoms with E-state index in [1.165, 1.54) is 11.6 Å². The van der Waals surface area contributed by atoms with Gasteiger partial charge in [0, 0.05) is 32.8 Å². The number of nitrogens with zero attached hydrogens (tertiary/aromatic N) is 5. The average molecular weight is 276 g/mol. The first-order valence-electron chi connectivity index (χ1n) is 6.52. The lowest BCUT2D eigenvalue weighted by atomic mass is 10.2. The van der Waals surface area contributed by atoms with E-state index in [0.717, 1.165) is 23.1 Å². The lowest BCUT2D eigenvalue weighted by Gasteiger charge is -2.06. The van der Waals surface area contributed by atoms with Crippen LogP contribution >= 0.6 is 0 Å². The summed E-state index contributed by atoms with van der Waals surface area (Å²) >= 11 is 0. The van der Waals surface area contributed by atoms with Gasteiger partial charge in [-0.3, -0.25) is 13.9 Å². The number of nitrogens with one attached hydrogen (secondary N) is 1. The van der Waals surface area contributed by atoms with Crippen LogP contribution in [0.2, 0.25) is 0 Å². The SMILES string of the molecule is CCC1=NNc2nc3c(c(=O)n(C)c(=O)n3C)n2CC1. The summed E-state index contributed by atoms with van der Waals surface area (Å²) in [6, 6.07) is 0. The maximum atomic E-state index is 12.3. The standard InChI is InChI=1S/C12H16N6O2/c1-4-7-5-6-18-8-9(13-11(18)15-14-7)16(2)12(20)17(3)10(8)19/h4-6H2,1-3H3,(H,13,15). The van der Waals surface area contributed by atoms with E-state index in [2.05, 4.69) is 15.5 Å². The summed E-state index contributed by atoms with van der Waals surface area (Å²) in [6.45, 7) is 2.66. The van der Waals surface area contributed by atoms with Crippen LogP contribution in [0.5, 0.6) is 0 Å². The molecule has 0 atom stereocenters. The molecule has 0 fully saturated rings. The van der Waals surface area contributed by atoms with Gasteiger partial charge in [0.1, 0.15) is 0 Å². The van der Waals surface area contributed by atoms with Gasteiger partial charge < -0.3 is 4.57 Å². The van der Waals surface area contributed by atoms with E-state index in [4.69, 9.17) is 0 Å². The number of imidazole rings is 1. The van der Waals surface area contributed by atoms with Crippen LogP contribution in [0.15, 0.2) is 14.7 Å². The molecule has 0 unspecified atom stereocenters. The summed E-state index contributed by atoms with van der Waals surface area (Å²) in [5, 5.41) is 4.27. The van der Waals surface area contributed by atoms with Gasteiger partial charge in [-0.05, 0) is 6.42 Å². The highest BCUT2D eigenvalue weighted by Crippen LogP contribution is 2.18. The topological polar surface area (TPSA) is 86.2 Å². The smallest absolute Gasteiger partial charge is 0.303 e. The Morgan fingerprint density at radius 1 is 1.25 bits per heavy atom. The molecule has 3 rings (SSSR count). The molecule has 0 aromatic carbocycles. The van der Waals surface area contributed by atoms with E-state index in [1.54, 1.807) is 11.6 Å². The third kappa shape index (κ3) is 1.60. The zero-order valence-electron chi connectivity index (χ0n) is 11.7. The van der Waals surface area contributed by atoms with Gasteiger partial charge in [0.2, 0.25) is 5.95 Å². The van der Waals surface area contributed by atoms with Crippen LogP contribution in [0.25, 0.3) is 11.2 Å². The van der Waals surface area contributed by atoms with E-state index >= 15 is 0 Å². The fourth-order valence-corrected chi connectivity index (χ4v) is 2.43. The van der Waals surface area contributed by atoms with Crippen molar-refractivity contribution in [2.75, 3.05) is 5.43 Å². The zero-order valence-corrected chi connectivity index (χ0v) is 11.7. The van der Waals surface area contributed by atoms with E-state index in [9.17, 15) is 9.59 Å². The van der Waals surface area contributed by atoms with Crippen molar-refractivity contribution in [3.05, 3.63) is 20.8 Å². The number of hydrogen-bond donors (Lipinski definition) is 1. The fraction of sp³-hybridized carbons (Fsp3) is 0.500. The molecule has 0 aliphatic carbocycles. The van der Waals surface area contributed by atoms with Crippen LogP contribution < -0.4 is 16.7 Å². The molecular formula is C12H16N6O2. The molecule has 0 saturated heterocycles. The molecule has 2 aromatic heterocycles. The van der Waals surface area contributed by atoms with Crippen molar-refractivity contribution >= 4 is 22.8 Å². The number of hydrazone groups is 1. The number of hydrogen-bond acceptors (Lipinski definition) is 5. The van der Waals surface area contributed by atoms with Crippen molar-refractivity contribution in [1.82, 2.24) is 18.7 Å². The summed E-state index contributed by atoms with van der Waals surface area (Å²) in [5.41, 5.74) is 4.03. The quantitative estimate of drug-likeness (QED) is 0.795. The predicted molar refractivity (Wildman–Crippen MR) is 76.2 cm³/mol. The Hall–Kier alpha value is -2.38. The monoisotopic (exact) mass is 276 g/mol. The highest BCUT2D eigenvalue weighted by molar-refractivity contribution is 5.86. The zero-order chi connectivity index (χ0) is 14.4. The average Bonchev–Trinajstić information content (AvgIpc) is 2.70. The molecule has 0 amide bonds. The fourth-order valence-electron chi connectivity index (χ4n) is 2.43. The van der Waals surface area contributed by atoms with Gasteiger partial charge in [-0.15, -0.1) is 0 Å². The van der Waals surface area contributed by atoms with Gasteiger partial charge in [-0.2, -0.15) is 10.1 Å². The molecule has 0 spiro atoms. The van der Waals surface area contributed by atoms with Gasteiger partial charge in [0.15, 0.2) is 11.2 Å². The maximum absolute atomic E-state index is 12.3. The van der Waals surface area contributed by atoms with E-state index in [-0.39, 0.29) is 11.2 Å². The Balaban J connectivity index is 2.33. The van der Waals surface area contributed by atoms with Crippen molar-refractivity contribution in [3.8, 4) is 0 Å². The summed E-state index contributed by atoms with van der Waals surface area (Å²) in [7, 11) is 3.08. The van der Waals surface area contributed by atoms with E-state index < -0.39 is 0 Å². The summed E-state index contributed by atoms with van der Waals surface area (Å²) in [6.07, 6.45) is 1.61. The lowest BCUT2D eigenvalue weighted by molar-refractivity contribution is 0.696. The van der Waals surface area contributed by atoms with Gasteiger partial charge in [-0.25, -0.2) is 10.2 Å². The number of rotatable bonds is 1. The first-order chi connectivity index (χ1) is 9.54. The van der Waals surface area contributed by atoms with Crippen molar-refractivity contribution in [1.29, 1.82) is 0 Å². The Morgan fingerprint density at radius 2 is 2.00 bits per heavy atom.